The summed E-state index contributed by atoms with van der Waals surface area (Å²) in [6, 6.07) is 4.68. The molecule has 2 aromatic rings. The minimum atomic E-state index is 0.584. The third-order valence-electron chi connectivity index (χ3n) is 4.03. The number of aromatic nitrogens is 3. The topological polar surface area (TPSA) is 53.9 Å². The zero-order chi connectivity index (χ0) is 14.5. The van der Waals surface area contributed by atoms with Crippen LogP contribution in [0.3, 0.4) is 0 Å². The van der Waals surface area contributed by atoms with Crippen molar-refractivity contribution in [2.24, 2.45) is 0 Å². The highest BCUT2D eigenvalue weighted by Gasteiger charge is 2.19. The molecule has 0 spiro atoms. The first-order valence-corrected chi connectivity index (χ1v) is 7.93. The van der Waals surface area contributed by atoms with Crippen LogP contribution in [-0.2, 0) is 0 Å². The highest BCUT2D eigenvalue weighted by atomic mass is 15.2. The van der Waals surface area contributed by atoms with Crippen molar-refractivity contribution in [2.45, 2.75) is 38.6 Å². The number of unbranched alkanes of at least 4 members (excludes halogenated alkanes) is 1. The smallest absolute Gasteiger partial charge is 0.180 e. The highest BCUT2D eigenvalue weighted by Crippen LogP contribution is 2.18. The Bertz CT molecular complexity index is 580. The first-order valence-electron chi connectivity index (χ1n) is 7.93. The molecule has 112 valence electrons. The van der Waals surface area contributed by atoms with E-state index < -0.39 is 0 Å². The van der Waals surface area contributed by atoms with Crippen LogP contribution in [0.15, 0.2) is 24.5 Å². The molecular weight excluding hydrogens is 262 g/mol. The molecule has 0 radical (unpaired) electrons. The second-order valence-electron chi connectivity index (χ2n) is 5.66. The lowest BCUT2D eigenvalue weighted by molar-refractivity contribution is 0.569. The van der Waals surface area contributed by atoms with Gasteiger partial charge in [0, 0.05) is 31.5 Å². The fraction of sp³-hybridized carbons (Fsp3) is 0.562. The van der Waals surface area contributed by atoms with E-state index in [1.165, 1.54) is 25.7 Å². The number of rotatable bonds is 6. The van der Waals surface area contributed by atoms with E-state index in [2.05, 4.69) is 33.2 Å². The predicted molar refractivity (Wildman–Crippen MR) is 85.5 cm³/mol. The maximum Gasteiger partial charge on any atom is 0.180 e. The number of pyridine rings is 1. The molecule has 0 aromatic carbocycles. The minimum absolute atomic E-state index is 0.584. The van der Waals surface area contributed by atoms with Crippen LogP contribution in [0.4, 0.5) is 5.82 Å². The van der Waals surface area contributed by atoms with Crippen LogP contribution in [0, 0.1) is 0 Å². The van der Waals surface area contributed by atoms with Crippen molar-refractivity contribution in [1.82, 2.24) is 20.3 Å². The Kier molecular flexibility index (Phi) is 4.60. The van der Waals surface area contributed by atoms with E-state index >= 15 is 0 Å². The summed E-state index contributed by atoms with van der Waals surface area (Å²) in [5.74, 6) is 1.02. The average Bonchev–Trinajstić information content (AvgIpc) is 3.04. The molecule has 2 aromatic heterocycles. The van der Waals surface area contributed by atoms with Gasteiger partial charge in [-0.1, -0.05) is 13.3 Å². The van der Waals surface area contributed by atoms with Gasteiger partial charge in [-0.05, 0) is 37.9 Å². The molecule has 1 N–H and O–H groups in total. The van der Waals surface area contributed by atoms with E-state index in [9.17, 15) is 0 Å². The summed E-state index contributed by atoms with van der Waals surface area (Å²) < 4.78 is 0. The van der Waals surface area contributed by atoms with Gasteiger partial charge in [0.2, 0.25) is 0 Å². The Morgan fingerprint density at radius 1 is 1.29 bits per heavy atom. The summed E-state index contributed by atoms with van der Waals surface area (Å²) in [5, 5.41) is 3.57. The predicted octanol–water partition coefficient (Wildman–Crippen LogP) is 2.38. The van der Waals surface area contributed by atoms with Crippen molar-refractivity contribution in [3.63, 3.8) is 0 Å². The lowest BCUT2D eigenvalue weighted by atomic mass is 10.2. The first kappa shape index (κ1) is 14.2. The van der Waals surface area contributed by atoms with Crippen LogP contribution in [-0.4, -0.2) is 40.6 Å². The number of hydrogen-bond acceptors (Lipinski definition) is 5. The van der Waals surface area contributed by atoms with Crippen LogP contribution in [0.2, 0.25) is 0 Å². The van der Waals surface area contributed by atoms with Crippen LogP contribution in [0.25, 0.3) is 11.2 Å². The van der Waals surface area contributed by atoms with Gasteiger partial charge in [-0.15, -0.1) is 0 Å². The molecule has 1 aliphatic rings. The molecule has 1 aliphatic heterocycles. The molecular formula is C16H23N5. The van der Waals surface area contributed by atoms with Crippen LogP contribution >= 0.6 is 0 Å². The van der Waals surface area contributed by atoms with Gasteiger partial charge in [-0.2, -0.15) is 0 Å². The number of nitrogens with one attached hydrogen (secondary N) is 1. The first-order chi connectivity index (χ1) is 10.4. The fourth-order valence-corrected chi connectivity index (χ4v) is 2.85. The Morgan fingerprint density at radius 2 is 2.19 bits per heavy atom. The van der Waals surface area contributed by atoms with E-state index in [-0.39, 0.29) is 0 Å². The van der Waals surface area contributed by atoms with E-state index in [0.29, 0.717) is 6.04 Å². The van der Waals surface area contributed by atoms with E-state index in [4.69, 9.17) is 4.98 Å². The molecule has 3 rings (SSSR count). The van der Waals surface area contributed by atoms with Crippen molar-refractivity contribution >= 4 is 17.0 Å². The molecule has 5 nitrogen and oxygen atoms in total. The molecule has 0 saturated carbocycles. The van der Waals surface area contributed by atoms with Gasteiger partial charge >= 0.3 is 0 Å². The van der Waals surface area contributed by atoms with Crippen LogP contribution < -0.4 is 10.2 Å². The summed E-state index contributed by atoms with van der Waals surface area (Å²) in [4.78, 5) is 15.7. The number of anilines is 1. The summed E-state index contributed by atoms with van der Waals surface area (Å²) in [7, 11) is 0. The zero-order valence-electron chi connectivity index (χ0n) is 12.6. The largest absolute Gasteiger partial charge is 0.355 e. The van der Waals surface area contributed by atoms with Crippen molar-refractivity contribution < 1.29 is 0 Å². The molecule has 0 aliphatic carbocycles. The summed E-state index contributed by atoms with van der Waals surface area (Å²) in [5.41, 5.74) is 1.59. The Balaban J connectivity index is 1.81. The number of fused-ring (bicyclic) bond motifs is 1. The quantitative estimate of drug-likeness (QED) is 0.883. The van der Waals surface area contributed by atoms with Crippen molar-refractivity contribution in [1.29, 1.82) is 0 Å². The molecule has 1 unspecified atom stereocenters. The van der Waals surface area contributed by atoms with Crippen molar-refractivity contribution in [2.75, 3.05) is 24.5 Å². The standard InChI is InChI=1S/C16H23N5/c1-2-3-11-21(12-13-5-4-8-17-13)15-7-6-14-16(20-15)19-10-9-18-14/h6-7,9-10,13,17H,2-5,8,11-12H2,1H3. The van der Waals surface area contributed by atoms with Gasteiger partial charge in [0.25, 0.3) is 0 Å². The fourth-order valence-electron chi connectivity index (χ4n) is 2.85. The second kappa shape index (κ2) is 6.80. The lowest BCUT2D eigenvalue weighted by Gasteiger charge is -2.27. The third kappa shape index (κ3) is 3.47. The van der Waals surface area contributed by atoms with Gasteiger partial charge in [0.05, 0.1) is 0 Å². The normalized spacial score (nSPS) is 18.2. The van der Waals surface area contributed by atoms with Gasteiger partial charge in [0.15, 0.2) is 5.65 Å². The van der Waals surface area contributed by atoms with E-state index in [0.717, 1.165) is 36.6 Å². The molecule has 0 bridgehead atoms. The maximum absolute atomic E-state index is 4.70. The Labute approximate surface area is 125 Å². The minimum Gasteiger partial charge on any atom is -0.355 e. The maximum atomic E-state index is 4.70. The van der Waals surface area contributed by atoms with E-state index in [1.807, 2.05) is 6.07 Å². The zero-order valence-corrected chi connectivity index (χ0v) is 12.6. The van der Waals surface area contributed by atoms with Gasteiger partial charge in [0.1, 0.15) is 11.3 Å². The monoisotopic (exact) mass is 285 g/mol. The molecule has 1 saturated heterocycles. The molecule has 5 heteroatoms. The molecule has 0 amide bonds. The van der Waals surface area contributed by atoms with E-state index in [1.54, 1.807) is 12.4 Å². The van der Waals surface area contributed by atoms with Gasteiger partial charge in [-0.25, -0.2) is 9.97 Å². The van der Waals surface area contributed by atoms with Crippen LogP contribution in [0.5, 0.6) is 0 Å². The average molecular weight is 285 g/mol. The van der Waals surface area contributed by atoms with Gasteiger partial charge in [-0.3, -0.25) is 4.98 Å². The van der Waals surface area contributed by atoms with Crippen molar-refractivity contribution in [3.05, 3.63) is 24.5 Å². The summed E-state index contributed by atoms with van der Waals surface area (Å²) in [6.45, 7) is 5.44. The molecule has 1 fully saturated rings. The summed E-state index contributed by atoms with van der Waals surface area (Å²) >= 11 is 0. The lowest BCUT2D eigenvalue weighted by Crippen LogP contribution is -2.38. The molecule has 1 atom stereocenters. The molecule has 3 heterocycles. The third-order valence-corrected chi connectivity index (χ3v) is 4.03. The molecule has 21 heavy (non-hydrogen) atoms. The van der Waals surface area contributed by atoms with Gasteiger partial charge < -0.3 is 10.2 Å². The second-order valence-corrected chi connectivity index (χ2v) is 5.66. The van der Waals surface area contributed by atoms with Crippen molar-refractivity contribution in [3.8, 4) is 0 Å². The Morgan fingerprint density at radius 3 is 3.00 bits per heavy atom. The Hall–Kier alpha value is -1.75. The number of hydrogen-bond donors (Lipinski definition) is 1. The SMILES string of the molecule is CCCCN(CC1CCCN1)c1ccc2nccnc2n1. The summed E-state index contributed by atoms with van der Waals surface area (Å²) in [6.07, 6.45) is 8.34. The van der Waals surface area contributed by atoms with Crippen LogP contribution in [0.1, 0.15) is 32.6 Å². The highest BCUT2D eigenvalue weighted by molar-refractivity contribution is 5.71. The number of nitrogens with zero attached hydrogens (tertiary/aromatic N) is 4.